The number of carbonyl (C=O) groups excluding carboxylic acids is 1. The van der Waals surface area contributed by atoms with Gasteiger partial charge < -0.3 is 5.32 Å². The molecule has 2 aromatic carbocycles. The fourth-order valence-electron chi connectivity index (χ4n) is 1.80. The molecule has 1 amide bonds. The molecule has 1 N–H and O–H groups in total. The van der Waals surface area contributed by atoms with E-state index in [-0.39, 0.29) is 11.6 Å². The van der Waals surface area contributed by atoms with Crippen molar-refractivity contribution in [2.75, 3.05) is 5.32 Å². The van der Waals surface area contributed by atoms with Gasteiger partial charge in [-0.3, -0.25) is 14.9 Å². The van der Waals surface area contributed by atoms with E-state index in [0.717, 1.165) is 0 Å². The quantitative estimate of drug-likeness (QED) is 0.668. The second kappa shape index (κ2) is 4.62. The van der Waals surface area contributed by atoms with Crippen molar-refractivity contribution >= 4 is 39.7 Å². The standard InChI is InChI=1S/C12H9ClN2O3/c1-7(16)14-10-5-6-11(15(17)18)8-3-2-4-9(13)12(8)10/h2-6H,1H3,(H,14,16). The molecule has 0 atom stereocenters. The molecule has 0 aliphatic heterocycles. The summed E-state index contributed by atoms with van der Waals surface area (Å²) >= 11 is 6.05. The van der Waals surface area contributed by atoms with E-state index in [4.69, 9.17) is 11.6 Å². The molecule has 0 unspecified atom stereocenters. The molecule has 0 aliphatic carbocycles. The zero-order valence-corrected chi connectivity index (χ0v) is 10.2. The minimum atomic E-state index is -0.476. The topological polar surface area (TPSA) is 72.2 Å². The van der Waals surface area contributed by atoms with Crippen molar-refractivity contribution in [2.45, 2.75) is 6.92 Å². The smallest absolute Gasteiger partial charge is 0.277 e. The van der Waals surface area contributed by atoms with Crippen molar-refractivity contribution in [3.05, 3.63) is 45.5 Å². The number of nitrogens with one attached hydrogen (secondary N) is 1. The molecule has 0 saturated heterocycles. The molecular formula is C12H9ClN2O3. The summed E-state index contributed by atoms with van der Waals surface area (Å²) in [7, 11) is 0. The fourth-order valence-corrected chi connectivity index (χ4v) is 2.08. The number of nitro groups is 1. The normalized spacial score (nSPS) is 10.3. The third-order valence-electron chi connectivity index (χ3n) is 2.47. The number of halogens is 1. The summed E-state index contributed by atoms with van der Waals surface area (Å²) in [6, 6.07) is 7.69. The van der Waals surface area contributed by atoms with Gasteiger partial charge in [0.25, 0.3) is 5.69 Å². The van der Waals surface area contributed by atoms with Gasteiger partial charge in [-0.25, -0.2) is 0 Å². The highest BCUT2D eigenvalue weighted by Gasteiger charge is 2.16. The van der Waals surface area contributed by atoms with Gasteiger partial charge in [0.05, 0.1) is 21.0 Å². The molecule has 0 radical (unpaired) electrons. The lowest BCUT2D eigenvalue weighted by Crippen LogP contribution is -2.06. The van der Waals surface area contributed by atoms with Gasteiger partial charge in [0.15, 0.2) is 0 Å². The molecular weight excluding hydrogens is 256 g/mol. The van der Waals surface area contributed by atoms with E-state index < -0.39 is 4.92 Å². The lowest BCUT2D eigenvalue weighted by Gasteiger charge is -2.08. The summed E-state index contributed by atoms with van der Waals surface area (Å²) < 4.78 is 0. The van der Waals surface area contributed by atoms with Crippen LogP contribution in [-0.4, -0.2) is 10.8 Å². The van der Waals surface area contributed by atoms with Crippen LogP contribution in [0.5, 0.6) is 0 Å². The predicted octanol–water partition coefficient (Wildman–Crippen LogP) is 3.36. The van der Waals surface area contributed by atoms with Crippen LogP contribution in [0.15, 0.2) is 30.3 Å². The minimum absolute atomic E-state index is 0.0402. The Kier molecular flexibility index (Phi) is 3.16. The van der Waals surface area contributed by atoms with E-state index in [0.29, 0.717) is 21.5 Å². The van der Waals surface area contributed by atoms with Crippen LogP contribution in [0, 0.1) is 10.1 Å². The monoisotopic (exact) mass is 264 g/mol. The number of fused-ring (bicyclic) bond motifs is 1. The number of hydrogen-bond donors (Lipinski definition) is 1. The van der Waals surface area contributed by atoms with Gasteiger partial charge in [0.2, 0.25) is 5.91 Å². The number of non-ortho nitro benzene ring substituents is 1. The van der Waals surface area contributed by atoms with Crippen LogP contribution in [0.3, 0.4) is 0 Å². The van der Waals surface area contributed by atoms with Crippen molar-refractivity contribution in [3.8, 4) is 0 Å². The SMILES string of the molecule is CC(=O)Nc1ccc([N+](=O)[O-])c2cccc(Cl)c12. The van der Waals surface area contributed by atoms with Crippen LogP contribution in [-0.2, 0) is 4.79 Å². The Labute approximate surface area is 108 Å². The molecule has 0 fully saturated rings. The van der Waals surface area contributed by atoms with Gasteiger partial charge >= 0.3 is 0 Å². The highest BCUT2D eigenvalue weighted by atomic mass is 35.5. The molecule has 0 bridgehead atoms. The molecule has 0 aromatic heterocycles. The zero-order chi connectivity index (χ0) is 13.3. The Hall–Kier alpha value is -2.14. The van der Waals surface area contributed by atoms with Crippen molar-refractivity contribution in [3.63, 3.8) is 0 Å². The van der Waals surface area contributed by atoms with E-state index in [1.807, 2.05) is 0 Å². The van der Waals surface area contributed by atoms with Crippen LogP contribution < -0.4 is 5.32 Å². The molecule has 0 aliphatic rings. The second-order valence-corrected chi connectivity index (χ2v) is 4.14. The van der Waals surface area contributed by atoms with E-state index in [9.17, 15) is 14.9 Å². The van der Waals surface area contributed by atoms with E-state index in [2.05, 4.69) is 5.32 Å². The van der Waals surface area contributed by atoms with E-state index in [1.165, 1.54) is 19.1 Å². The average molecular weight is 265 g/mol. The maximum absolute atomic E-state index is 11.1. The first-order chi connectivity index (χ1) is 8.50. The third-order valence-corrected chi connectivity index (χ3v) is 2.79. The summed E-state index contributed by atoms with van der Waals surface area (Å²) in [5, 5.41) is 14.8. The Morgan fingerprint density at radius 2 is 2.06 bits per heavy atom. The molecule has 18 heavy (non-hydrogen) atoms. The van der Waals surface area contributed by atoms with Crippen molar-refractivity contribution < 1.29 is 9.72 Å². The van der Waals surface area contributed by atoms with Gasteiger partial charge in [0, 0.05) is 18.4 Å². The predicted molar refractivity (Wildman–Crippen MR) is 69.9 cm³/mol. The molecule has 2 aromatic rings. The third kappa shape index (κ3) is 2.12. The van der Waals surface area contributed by atoms with Gasteiger partial charge in [-0.15, -0.1) is 0 Å². The number of anilines is 1. The van der Waals surface area contributed by atoms with Crippen LogP contribution in [0.4, 0.5) is 11.4 Å². The van der Waals surface area contributed by atoms with Crippen LogP contribution in [0.2, 0.25) is 5.02 Å². The summed E-state index contributed by atoms with van der Waals surface area (Å²) in [5.74, 6) is -0.259. The zero-order valence-electron chi connectivity index (χ0n) is 9.44. The molecule has 92 valence electrons. The second-order valence-electron chi connectivity index (χ2n) is 3.73. The molecule has 0 saturated carbocycles. The van der Waals surface area contributed by atoms with Crippen LogP contribution in [0.1, 0.15) is 6.92 Å². The first-order valence-corrected chi connectivity index (χ1v) is 5.51. The average Bonchev–Trinajstić information content (AvgIpc) is 2.28. The number of benzene rings is 2. The first-order valence-electron chi connectivity index (χ1n) is 5.14. The number of nitrogens with zero attached hydrogens (tertiary/aromatic N) is 1. The van der Waals surface area contributed by atoms with Crippen LogP contribution >= 0.6 is 11.6 Å². The first kappa shape index (κ1) is 12.3. The lowest BCUT2D eigenvalue weighted by atomic mass is 10.1. The number of hydrogen-bond acceptors (Lipinski definition) is 3. The number of carbonyl (C=O) groups is 1. The highest BCUT2D eigenvalue weighted by molar-refractivity contribution is 6.37. The number of rotatable bonds is 2. The van der Waals surface area contributed by atoms with E-state index in [1.54, 1.807) is 18.2 Å². The number of amides is 1. The summed E-state index contributed by atoms with van der Waals surface area (Å²) in [6.07, 6.45) is 0. The summed E-state index contributed by atoms with van der Waals surface area (Å²) in [6.45, 7) is 1.37. The van der Waals surface area contributed by atoms with Crippen LogP contribution in [0.25, 0.3) is 10.8 Å². The van der Waals surface area contributed by atoms with Crippen molar-refractivity contribution in [1.82, 2.24) is 0 Å². The number of nitro benzene ring substituents is 1. The van der Waals surface area contributed by atoms with Gasteiger partial charge in [0.1, 0.15) is 0 Å². The molecule has 0 heterocycles. The van der Waals surface area contributed by atoms with Gasteiger partial charge in [-0.1, -0.05) is 17.7 Å². The fraction of sp³-hybridized carbons (Fsp3) is 0.0833. The minimum Gasteiger partial charge on any atom is -0.326 e. The largest absolute Gasteiger partial charge is 0.326 e. The lowest BCUT2D eigenvalue weighted by molar-refractivity contribution is -0.383. The Morgan fingerprint density at radius 1 is 1.33 bits per heavy atom. The van der Waals surface area contributed by atoms with Gasteiger partial charge in [-0.05, 0) is 18.2 Å². The summed E-state index contributed by atoms with van der Waals surface area (Å²) in [5.41, 5.74) is 0.426. The van der Waals surface area contributed by atoms with Crippen molar-refractivity contribution in [1.29, 1.82) is 0 Å². The molecule has 6 heteroatoms. The maximum atomic E-state index is 11.1. The maximum Gasteiger partial charge on any atom is 0.277 e. The highest BCUT2D eigenvalue weighted by Crippen LogP contribution is 2.36. The van der Waals surface area contributed by atoms with E-state index >= 15 is 0 Å². The summed E-state index contributed by atoms with van der Waals surface area (Å²) in [4.78, 5) is 21.6. The Balaban J connectivity index is 2.80. The van der Waals surface area contributed by atoms with Crippen molar-refractivity contribution in [2.24, 2.45) is 0 Å². The molecule has 2 rings (SSSR count). The Morgan fingerprint density at radius 3 is 2.67 bits per heavy atom. The molecule has 5 nitrogen and oxygen atoms in total. The molecule has 0 spiro atoms. The Bertz CT molecular complexity index is 655. The van der Waals surface area contributed by atoms with Gasteiger partial charge in [-0.2, -0.15) is 0 Å².